The molecule has 19 heavy (non-hydrogen) atoms. The molecule has 0 spiro atoms. The van der Waals surface area contributed by atoms with Gasteiger partial charge in [-0.05, 0) is 41.3 Å². The lowest BCUT2D eigenvalue weighted by molar-refractivity contribution is -0.155. The van der Waals surface area contributed by atoms with Crippen LogP contribution in [0.5, 0.6) is 0 Å². The van der Waals surface area contributed by atoms with Crippen molar-refractivity contribution in [2.24, 2.45) is 0 Å². The summed E-state index contributed by atoms with van der Waals surface area (Å²) in [6, 6.07) is 3.05. The molecule has 5 nitrogen and oxygen atoms in total. The minimum absolute atomic E-state index is 0.0248. The van der Waals surface area contributed by atoms with Gasteiger partial charge in [-0.25, -0.2) is 0 Å². The Kier molecular flexibility index (Phi) is 4.76. The predicted molar refractivity (Wildman–Crippen MR) is 72.9 cm³/mol. The van der Waals surface area contributed by atoms with Crippen molar-refractivity contribution < 1.29 is 14.3 Å². The van der Waals surface area contributed by atoms with Crippen molar-refractivity contribution in [2.75, 3.05) is 7.11 Å². The average molecular weight is 330 g/mol. The minimum atomic E-state index is -0.408. The lowest BCUT2D eigenvalue weighted by Gasteiger charge is -2.18. The quantitative estimate of drug-likeness (QED) is 0.789. The van der Waals surface area contributed by atoms with E-state index in [9.17, 15) is 9.59 Å². The maximum Gasteiger partial charge on any atom is 0.326 e. The van der Waals surface area contributed by atoms with Crippen molar-refractivity contribution in [1.82, 2.24) is 4.57 Å². The van der Waals surface area contributed by atoms with Crippen LogP contribution in [-0.4, -0.2) is 29.9 Å². The summed E-state index contributed by atoms with van der Waals surface area (Å²) < 4.78 is 12.7. The fourth-order valence-corrected chi connectivity index (χ4v) is 2.65. The number of esters is 1. The van der Waals surface area contributed by atoms with Crippen molar-refractivity contribution in [2.45, 2.75) is 38.0 Å². The maximum absolute atomic E-state index is 11.8. The molecular formula is C13H16BrNO4. The largest absolute Gasteiger partial charge is 0.458 e. The van der Waals surface area contributed by atoms with Gasteiger partial charge in [0.2, 0.25) is 0 Å². The molecule has 0 saturated heterocycles. The van der Waals surface area contributed by atoms with Crippen LogP contribution in [0.25, 0.3) is 0 Å². The number of carbonyl (C=O) groups is 1. The van der Waals surface area contributed by atoms with E-state index >= 15 is 0 Å². The van der Waals surface area contributed by atoms with E-state index in [0.717, 1.165) is 23.7 Å². The van der Waals surface area contributed by atoms with Crippen LogP contribution in [0.2, 0.25) is 0 Å². The molecule has 6 heteroatoms. The van der Waals surface area contributed by atoms with Crippen molar-refractivity contribution in [1.29, 1.82) is 0 Å². The van der Waals surface area contributed by atoms with Gasteiger partial charge in [0.15, 0.2) is 0 Å². The molecule has 1 saturated carbocycles. The Morgan fingerprint density at radius 3 is 2.89 bits per heavy atom. The van der Waals surface area contributed by atoms with Crippen LogP contribution in [0.1, 0.15) is 19.3 Å². The lowest BCUT2D eigenvalue weighted by atomic mass is 10.2. The van der Waals surface area contributed by atoms with E-state index < -0.39 is 5.97 Å². The summed E-state index contributed by atoms with van der Waals surface area (Å²) in [7, 11) is 1.62. The SMILES string of the molecule is CO[C@H]1CCC[C@H]1OC(=O)Cn1cc(Br)ccc1=O. The molecule has 0 unspecified atom stereocenters. The first-order valence-corrected chi connectivity index (χ1v) is 6.97. The van der Waals surface area contributed by atoms with E-state index in [4.69, 9.17) is 9.47 Å². The van der Waals surface area contributed by atoms with E-state index in [1.807, 2.05) is 0 Å². The molecule has 0 bridgehead atoms. The second-order valence-electron chi connectivity index (χ2n) is 4.55. The fourth-order valence-electron chi connectivity index (χ4n) is 2.27. The van der Waals surface area contributed by atoms with Crippen LogP contribution >= 0.6 is 15.9 Å². The van der Waals surface area contributed by atoms with Crippen LogP contribution in [-0.2, 0) is 20.8 Å². The summed E-state index contributed by atoms with van der Waals surface area (Å²) in [6.45, 7) is -0.0782. The van der Waals surface area contributed by atoms with Gasteiger partial charge in [0.25, 0.3) is 5.56 Å². The third-order valence-corrected chi connectivity index (χ3v) is 3.69. The highest BCUT2D eigenvalue weighted by molar-refractivity contribution is 9.10. The second kappa shape index (κ2) is 6.34. The Hall–Kier alpha value is -1.14. The Bertz CT molecular complexity index is 514. The van der Waals surface area contributed by atoms with Crippen LogP contribution in [0.4, 0.5) is 0 Å². The first kappa shape index (κ1) is 14.3. The summed E-state index contributed by atoms with van der Waals surface area (Å²) in [6.07, 6.45) is 4.07. The molecule has 1 fully saturated rings. The molecule has 1 aliphatic rings. The topological polar surface area (TPSA) is 57.5 Å². The zero-order valence-electron chi connectivity index (χ0n) is 10.7. The Balaban J connectivity index is 1.97. The molecule has 2 rings (SSSR count). The number of methoxy groups -OCH3 is 1. The highest BCUT2D eigenvalue weighted by atomic mass is 79.9. The second-order valence-corrected chi connectivity index (χ2v) is 5.46. The number of aromatic nitrogens is 1. The molecular weight excluding hydrogens is 314 g/mol. The van der Waals surface area contributed by atoms with Crippen LogP contribution in [0.3, 0.4) is 0 Å². The zero-order valence-corrected chi connectivity index (χ0v) is 12.3. The van der Waals surface area contributed by atoms with Gasteiger partial charge >= 0.3 is 5.97 Å². The highest BCUT2D eigenvalue weighted by Gasteiger charge is 2.30. The number of carbonyl (C=O) groups excluding carboxylic acids is 1. The lowest BCUT2D eigenvalue weighted by Crippen LogP contribution is -2.31. The summed E-state index contributed by atoms with van der Waals surface area (Å²) in [5, 5.41) is 0. The molecule has 0 aliphatic heterocycles. The normalized spacial score (nSPS) is 22.4. The van der Waals surface area contributed by atoms with E-state index in [-0.39, 0.29) is 24.3 Å². The summed E-state index contributed by atoms with van der Waals surface area (Å²) in [5.41, 5.74) is -0.227. The Labute approximate surface area is 119 Å². The summed E-state index contributed by atoms with van der Waals surface area (Å²) in [5.74, 6) is -0.408. The van der Waals surface area contributed by atoms with Crippen molar-refractivity contribution in [3.8, 4) is 0 Å². The fraction of sp³-hybridized carbons (Fsp3) is 0.538. The van der Waals surface area contributed by atoms with Crippen molar-refractivity contribution >= 4 is 21.9 Å². The molecule has 0 radical (unpaired) electrons. The molecule has 2 atom stereocenters. The average Bonchev–Trinajstić information content (AvgIpc) is 2.81. The summed E-state index contributed by atoms with van der Waals surface area (Å²) >= 11 is 3.26. The molecule has 0 aromatic carbocycles. The van der Waals surface area contributed by atoms with Gasteiger partial charge in [0, 0.05) is 23.8 Å². The number of hydrogen-bond donors (Lipinski definition) is 0. The van der Waals surface area contributed by atoms with Crippen molar-refractivity contribution in [3.05, 3.63) is 33.2 Å². The van der Waals surface area contributed by atoms with Gasteiger partial charge in [-0.15, -0.1) is 0 Å². The molecule has 104 valence electrons. The van der Waals surface area contributed by atoms with Gasteiger partial charge in [-0.3, -0.25) is 9.59 Å². The smallest absolute Gasteiger partial charge is 0.326 e. The van der Waals surface area contributed by atoms with E-state index in [2.05, 4.69) is 15.9 Å². The van der Waals surface area contributed by atoms with Crippen LogP contribution in [0, 0.1) is 0 Å². The number of rotatable bonds is 4. The van der Waals surface area contributed by atoms with E-state index in [1.54, 1.807) is 19.4 Å². The Morgan fingerprint density at radius 2 is 2.16 bits per heavy atom. The predicted octanol–water partition coefficient (Wildman–Crippen LogP) is 1.72. The number of pyridine rings is 1. The number of nitrogens with zero attached hydrogens (tertiary/aromatic N) is 1. The van der Waals surface area contributed by atoms with Gasteiger partial charge in [0.1, 0.15) is 12.6 Å². The zero-order chi connectivity index (χ0) is 13.8. The standard InChI is InChI=1S/C13H16BrNO4/c1-18-10-3-2-4-11(10)19-13(17)8-15-7-9(14)5-6-12(15)16/h5-7,10-11H,2-4,8H2,1H3/t10-,11+/m0/s1. The van der Waals surface area contributed by atoms with E-state index in [1.165, 1.54) is 10.6 Å². The molecule has 1 aromatic heterocycles. The van der Waals surface area contributed by atoms with Crippen LogP contribution < -0.4 is 5.56 Å². The highest BCUT2D eigenvalue weighted by Crippen LogP contribution is 2.24. The third-order valence-electron chi connectivity index (χ3n) is 3.22. The third kappa shape index (κ3) is 3.67. The summed E-state index contributed by atoms with van der Waals surface area (Å²) in [4.78, 5) is 23.4. The molecule has 1 aliphatic carbocycles. The number of hydrogen-bond acceptors (Lipinski definition) is 4. The van der Waals surface area contributed by atoms with Gasteiger partial charge in [0.05, 0.1) is 6.10 Å². The first-order valence-electron chi connectivity index (χ1n) is 6.18. The maximum atomic E-state index is 11.8. The molecule has 0 amide bonds. The van der Waals surface area contributed by atoms with Crippen LogP contribution in [0.15, 0.2) is 27.6 Å². The van der Waals surface area contributed by atoms with Gasteiger partial charge < -0.3 is 14.0 Å². The molecule has 0 N–H and O–H groups in total. The first-order chi connectivity index (χ1) is 9.10. The number of ether oxygens (including phenoxy) is 2. The van der Waals surface area contributed by atoms with E-state index in [0.29, 0.717) is 0 Å². The number of halogens is 1. The monoisotopic (exact) mass is 329 g/mol. The molecule has 1 heterocycles. The van der Waals surface area contributed by atoms with Crippen molar-refractivity contribution in [3.63, 3.8) is 0 Å². The minimum Gasteiger partial charge on any atom is -0.458 e. The van der Waals surface area contributed by atoms with Gasteiger partial charge in [-0.1, -0.05) is 0 Å². The van der Waals surface area contributed by atoms with Gasteiger partial charge in [-0.2, -0.15) is 0 Å². The Morgan fingerprint density at radius 1 is 1.42 bits per heavy atom. The molecule has 1 aromatic rings.